The summed E-state index contributed by atoms with van der Waals surface area (Å²) in [6, 6.07) is 14.1. The van der Waals surface area contributed by atoms with E-state index in [4.69, 9.17) is 38.5 Å². The Bertz CT molecular complexity index is 1740. The number of ether oxygens (including phenoxy) is 1. The van der Waals surface area contributed by atoms with Crippen LogP contribution in [0.1, 0.15) is 60.3 Å². The third kappa shape index (κ3) is 10.1. The average Bonchev–Trinajstić information content (AvgIpc) is 3.45. The predicted octanol–water partition coefficient (Wildman–Crippen LogP) is 6.91. The number of aromatic nitrogens is 2. The van der Waals surface area contributed by atoms with Crippen molar-refractivity contribution in [2.45, 2.75) is 49.4 Å². The van der Waals surface area contributed by atoms with Crippen molar-refractivity contribution in [1.82, 2.24) is 14.9 Å². The lowest BCUT2D eigenvalue weighted by Gasteiger charge is -2.28. The fourth-order valence-electron chi connectivity index (χ4n) is 4.63. The first kappa shape index (κ1) is 38.1. The van der Waals surface area contributed by atoms with Crippen molar-refractivity contribution in [1.29, 1.82) is 5.41 Å². The smallest absolute Gasteiger partial charge is 0.303 e. The van der Waals surface area contributed by atoms with Crippen LogP contribution in [-0.4, -0.2) is 46.1 Å². The van der Waals surface area contributed by atoms with Gasteiger partial charge in [-0.2, -0.15) is 0 Å². The van der Waals surface area contributed by atoms with Gasteiger partial charge in [0.15, 0.2) is 11.1 Å². The molecule has 10 nitrogen and oxygen atoms in total. The van der Waals surface area contributed by atoms with Gasteiger partial charge < -0.3 is 26.6 Å². The molecule has 0 bridgehead atoms. The third-order valence-corrected chi connectivity index (χ3v) is 8.81. The molecule has 1 heterocycles. The van der Waals surface area contributed by atoms with Crippen molar-refractivity contribution in [3.05, 3.63) is 105 Å². The molecular weight excluding hydrogens is 685 g/mol. The number of carboxylic acid groups (broad SMARTS) is 1. The lowest BCUT2D eigenvalue weighted by molar-refractivity contribution is -0.137. The van der Waals surface area contributed by atoms with Crippen LogP contribution < -0.4 is 21.5 Å². The van der Waals surface area contributed by atoms with Crippen LogP contribution in [0.2, 0.25) is 10.0 Å². The Hall–Kier alpha value is -4.33. The van der Waals surface area contributed by atoms with Crippen molar-refractivity contribution in [2.24, 2.45) is 11.5 Å². The van der Waals surface area contributed by atoms with Gasteiger partial charge in [0, 0.05) is 46.0 Å². The van der Waals surface area contributed by atoms with Crippen LogP contribution in [-0.2, 0) is 16.0 Å². The topological polar surface area (TPSA) is 169 Å². The molecular formula is C33H36Cl2F2N6O4S. The molecule has 15 heteroatoms. The predicted molar refractivity (Wildman–Crippen MR) is 185 cm³/mol. The van der Waals surface area contributed by atoms with Gasteiger partial charge >= 0.3 is 5.97 Å². The Kier molecular flexibility index (Phi) is 13.6. The summed E-state index contributed by atoms with van der Waals surface area (Å²) in [5.41, 5.74) is 11.0. The summed E-state index contributed by atoms with van der Waals surface area (Å²) in [7, 11) is 1.55. The summed E-state index contributed by atoms with van der Waals surface area (Å²) >= 11 is 14.0. The van der Waals surface area contributed by atoms with E-state index in [9.17, 15) is 14.0 Å². The number of imidazole rings is 1. The van der Waals surface area contributed by atoms with Crippen LogP contribution in [0, 0.1) is 17.0 Å². The third-order valence-electron chi connectivity index (χ3n) is 7.18. The number of halogens is 4. The van der Waals surface area contributed by atoms with Gasteiger partial charge in [-0.25, -0.2) is 13.8 Å². The fourth-order valence-corrected chi connectivity index (χ4v) is 6.20. The first-order valence-electron chi connectivity index (χ1n) is 14.5. The molecule has 0 saturated heterocycles. The number of aliphatic carboxylic acids is 1. The number of hydrogen-bond acceptors (Lipinski definition) is 6. The van der Waals surface area contributed by atoms with Gasteiger partial charge in [-0.3, -0.25) is 19.6 Å². The zero-order valence-electron chi connectivity index (χ0n) is 26.5. The molecule has 1 aromatic heterocycles. The monoisotopic (exact) mass is 720 g/mol. The maximum absolute atomic E-state index is 15.3. The second kappa shape index (κ2) is 17.2. The first-order chi connectivity index (χ1) is 22.6. The van der Waals surface area contributed by atoms with Crippen molar-refractivity contribution < 1.29 is 28.2 Å². The summed E-state index contributed by atoms with van der Waals surface area (Å²) in [5.74, 6) is -2.13. The van der Waals surface area contributed by atoms with E-state index in [0.29, 0.717) is 34.5 Å². The number of carbonyl (C=O) groups is 2. The Labute approximate surface area is 291 Å². The van der Waals surface area contributed by atoms with Crippen LogP contribution in [0.15, 0.2) is 66.0 Å². The lowest BCUT2D eigenvalue weighted by Crippen LogP contribution is -2.24. The summed E-state index contributed by atoms with van der Waals surface area (Å²) in [4.78, 5) is 27.8. The molecule has 0 atom stereocenters. The largest absolute Gasteiger partial charge is 0.495 e. The Balaban J connectivity index is 0.00000148. The van der Waals surface area contributed by atoms with Gasteiger partial charge in [0.05, 0.1) is 24.0 Å². The van der Waals surface area contributed by atoms with E-state index in [1.807, 2.05) is 30.5 Å². The van der Waals surface area contributed by atoms with E-state index in [2.05, 4.69) is 21.8 Å². The van der Waals surface area contributed by atoms with Gasteiger partial charge in [0.25, 0.3) is 5.91 Å². The normalized spacial score (nSPS) is 11.0. The van der Waals surface area contributed by atoms with Gasteiger partial charge in [0.2, 0.25) is 0 Å². The number of nitrogens with one attached hydrogen (secondary N) is 2. The summed E-state index contributed by atoms with van der Waals surface area (Å²) in [6.07, 6.45) is 2.64. The summed E-state index contributed by atoms with van der Waals surface area (Å²) in [6.45, 7) is 4.30. The second-order valence-corrected chi connectivity index (χ2v) is 12.7. The number of hydrogen-bond donors (Lipinski definition) is 5. The minimum Gasteiger partial charge on any atom is -0.495 e. The maximum atomic E-state index is 15.3. The molecule has 7 N–H and O–H groups in total. The van der Waals surface area contributed by atoms with E-state index in [0.717, 1.165) is 17.3 Å². The molecule has 48 heavy (non-hydrogen) atoms. The lowest BCUT2D eigenvalue weighted by atomic mass is 9.81. The van der Waals surface area contributed by atoms with Crippen molar-refractivity contribution in [2.75, 3.05) is 13.7 Å². The minimum atomic E-state index is -0.902. The number of nitrogens with zero attached hydrogens (tertiary/aromatic N) is 2. The number of nitrogens with two attached hydrogens (primary N) is 2. The highest BCUT2D eigenvalue weighted by Crippen LogP contribution is 2.39. The Morgan fingerprint density at radius 3 is 2.33 bits per heavy atom. The molecule has 3 aromatic carbocycles. The summed E-state index contributed by atoms with van der Waals surface area (Å²) in [5, 5.41) is 18.5. The van der Waals surface area contributed by atoms with Crippen molar-refractivity contribution in [3.8, 4) is 11.4 Å². The van der Waals surface area contributed by atoms with E-state index in [1.54, 1.807) is 31.5 Å². The van der Waals surface area contributed by atoms with Crippen LogP contribution in [0.3, 0.4) is 0 Å². The second-order valence-electron chi connectivity index (χ2n) is 11.0. The zero-order valence-corrected chi connectivity index (χ0v) is 28.8. The SMILES string of the molecule is COc1cc(C(C)(C)c2cnc(SCc3c(F)cc(C(=O)NCCCCC(=O)O)cc3Cl)n2-c2ccc(F)cc2)ccc1Cl.N=C(N)N. The number of carboxylic acids is 1. The van der Waals surface area contributed by atoms with Gasteiger partial charge in [0.1, 0.15) is 17.4 Å². The van der Waals surface area contributed by atoms with Gasteiger partial charge in [-0.15, -0.1) is 0 Å². The van der Waals surface area contributed by atoms with Crippen LogP contribution in [0.5, 0.6) is 5.75 Å². The maximum Gasteiger partial charge on any atom is 0.303 e. The first-order valence-corrected chi connectivity index (χ1v) is 16.3. The molecule has 256 valence electrons. The molecule has 4 aromatic rings. The molecule has 0 aliphatic heterocycles. The Morgan fingerprint density at radius 2 is 1.73 bits per heavy atom. The van der Waals surface area contributed by atoms with Crippen LogP contribution >= 0.6 is 35.0 Å². The van der Waals surface area contributed by atoms with Gasteiger partial charge in [-0.1, -0.05) is 54.9 Å². The summed E-state index contributed by atoms with van der Waals surface area (Å²) < 4.78 is 36.4. The quantitative estimate of drug-likeness (QED) is 0.0430. The van der Waals surface area contributed by atoms with E-state index in [1.165, 1.54) is 30.0 Å². The molecule has 0 unspecified atom stereocenters. The molecule has 1 amide bonds. The van der Waals surface area contributed by atoms with E-state index in [-0.39, 0.29) is 46.6 Å². The average molecular weight is 722 g/mol. The van der Waals surface area contributed by atoms with Crippen LogP contribution in [0.4, 0.5) is 8.78 Å². The molecule has 0 aliphatic carbocycles. The molecule has 0 radical (unpaired) electrons. The molecule has 0 spiro atoms. The standard InChI is InChI=1S/C32H31Cl2F2N3O4S.CH5N3/c1-32(2,20-7-12-24(33)27(16-20)43-3)28-17-38-31(39(28)22-10-8-21(35)9-11-22)44-18-23-25(34)14-19(15-26(23)36)30(42)37-13-5-4-6-29(40)41;2-1(3)4/h7-12,14-17H,4-6,13,18H2,1-3H3,(H,37,42)(H,40,41);(H5,2,3,4). The van der Waals surface area contributed by atoms with E-state index < -0.39 is 23.1 Å². The Morgan fingerprint density at radius 1 is 1.06 bits per heavy atom. The number of benzene rings is 3. The molecule has 0 aliphatic rings. The van der Waals surface area contributed by atoms with Crippen molar-refractivity contribution in [3.63, 3.8) is 0 Å². The highest BCUT2D eigenvalue weighted by atomic mass is 35.5. The number of unbranched alkanes of at least 4 members (excludes halogenated alkanes) is 1. The molecule has 0 fully saturated rings. The van der Waals surface area contributed by atoms with E-state index >= 15 is 4.39 Å². The van der Waals surface area contributed by atoms with Gasteiger partial charge in [-0.05, 0) is 66.9 Å². The van der Waals surface area contributed by atoms with Crippen LogP contribution in [0.25, 0.3) is 5.69 Å². The zero-order chi connectivity index (χ0) is 35.6. The number of guanidine groups is 1. The highest BCUT2D eigenvalue weighted by Gasteiger charge is 2.30. The number of thioether (sulfide) groups is 1. The number of carbonyl (C=O) groups excluding carboxylic acids is 1. The molecule has 4 rings (SSSR count). The minimum absolute atomic E-state index is 0.0109. The number of rotatable bonds is 13. The van der Waals surface area contributed by atoms with Crippen molar-refractivity contribution >= 4 is 52.8 Å². The fraction of sp³-hybridized carbons (Fsp3) is 0.273. The number of methoxy groups -OCH3 is 1. The highest BCUT2D eigenvalue weighted by molar-refractivity contribution is 7.98. The molecule has 0 saturated carbocycles. The number of amides is 1.